The summed E-state index contributed by atoms with van der Waals surface area (Å²) in [7, 11) is 0. The SMILES string of the molecule is NC(N)=NCCCC(N)C(=O)NC(Cc1c[nH]c2ccccc12)C(=O)NCC(=O)NC(Cc1c[nH]c2ccccc12)C(=O)O. The van der Waals surface area contributed by atoms with Crippen molar-refractivity contribution in [1.82, 2.24) is 25.9 Å². The van der Waals surface area contributed by atoms with Gasteiger partial charge in [-0.2, -0.15) is 0 Å². The molecular weight excluding hydrogens is 566 g/mol. The molecule has 2 heterocycles. The lowest BCUT2D eigenvalue weighted by molar-refractivity contribution is -0.141. The third kappa shape index (κ3) is 8.35. The number of hydrogen-bond acceptors (Lipinski definition) is 6. The minimum Gasteiger partial charge on any atom is -0.480 e. The Hall–Kier alpha value is -5.37. The summed E-state index contributed by atoms with van der Waals surface area (Å²) in [6.45, 7) is -0.198. The van der Waals surface area contributed by atoms with Gasteiger partial charge in [-0.1, -0.05) is 36.4 Å². The predicted molar refractivity (Wildman–Crippen MR) is 166 cm³/mol. The number of nitrogens with zero attached hydrogens (tertiary/aromatic N) is 1. The van der Waals surface area contributed by atoms with Crippen molar-refractivity contribution >= 4 is 51.5 Å². The molecule has 0 spiro atoms. The van der Waals surface area contributed by atoms with E-state index in [2.05, 4.69) is 30.9 Å². The highest BCUT2D eigenvalue weighted by Gasteiger charge is 2.27. The number of H-pyrrole nitrogens is 2. The second kappa shape index (κ2) is 14.7. The molecule has 0 fully saturated rings. The molecule has 14 nitrogen and oxygen atoms in total. The number of nitrogens with two attached hydrogens (primary N) is 3. The molecule has 3 unspecified atom stereocenters. The molecule has 0 saturated carbocycles. The first kappa shape index (κ1) is 31.6. The van der Waals surface area contributed by atoms with Crippen molar-refractivity contribution in [2.75, 3.05) is 13.1 Å². The fourth-order valence-electron chi connectivity index (χ4n) is 4.92. The highest BCUT2D eigenvalue weighted by Crippen LogP contribution is 2.20. The third-order valence-corrected chi connectivity index (χ3v) is 7.19. The highest BCUT2D eigenvalue weighted by atomic mass is 16.4. The summed E-state index contributed by atoms with van der Waals surface area (Å²) >= 11 is 0. The van der Waals surface area contributed by atoms with Crippen LogP contribution in [0.2, 0.25) is 0 Å². The monoisotopic (exact) mass is 603 g/mol. The first-order valence-electron chi connectivity index (χ1n) is 14.1. The van der Waals surface area contributed by atoms with Crippen molar-refractivity contribution in [3.05, 3.63) is 72.1 Å². The molecule has 0 aliphatic heterocycles. The Morgan fingerprint density at radius 1 is 0.818 bits per heavy atom. The van der Waals surface area contributed by atoms with Gasteiger partial charge in [0.1, 0.15) is 12.1 Å². The van der Waals surface area contributed by atoms with Crippen LogP contribution in [0.4, 0.5) is 0 Å². The number of hydrogen-bond donors (Lipinski definition) is 9. The molecule has 0 aliphatic carbocycles. The van der Waals surface area contributed by atoms with E-state index >= 15 is 0 Å². The Bertz CT molecular complexity index is 1660. The summed E-state index contributed by atoms with van der Waals surface area (Å²) in [6, 6.07) is 11.7. The van der Waals surface area contributed by atoms with Gasteiger partial charge in [-0.3, -0.25) is 19.4 Å². The number of carbonyl (C=O) groups excluding carboxylic acids is 3. The van der Waals surface area contributed by atoms with E-state index < -0.39 is 48.4 Å². The molecule has 4 aromatic rings. The number of aliphatic carboxylic acids is 1. The number of aromatic amines is 2. The van der Waals surface area contributed by atoms with Crippen LogP contribution >= 0.6 is 0 Å². The molecule has 3 atom stereocenters. The van der Waals surface area contributed by atoms with E-state index in [1.54, 1.807) is 12.4 Å². The number of rotatable bonds is 15. The van der Waals surface area contributed by atoms with E-state index in [1.807, 2.05) is 48.5 Å². The highest BCUT2D eigenvalue weighted by molar-refractivity contribution is 5.94. The Kier molecular flexibility index (Phi) is 10.5. The Balaban J connectivity index is 1.40. The standard InChI is InChI=1S/C30H37N9O5/c31-21(8-5-11-34-30(32)33)27(41)39-24(12-17-14-35-22-9-3-1-6-19(17)22)28(42)37-16-26(40)38-25(29(43)44)13-18-15-36-23-10-4-2-7-20(18)23/h1-4,6-7,9-10,14-15,21,24-25,35-36H,5,8,11-13,16,31H2,(H,37,42)(H,38,40)(H,39,41)(H,43,44)(H4,32,33,34). The number of fused-ring (bicyclic) bond motifs is 2. The van der Waals surface area contributed by atoms with E-state index in [4.69, 9.17) is 17.2 Å². The zero-order valence-corrected chi connectivity index (χ0v) is 24.0. The molecule has 4 rings (SSSR count). The van der Waals surface area contributed by atoms with E-state index in [0.717, 1.165) is 32.9 Å². The summed E-state index contributed by atoms with van der Waals surface area (Å²) in [5, 5.41) is 19.2. The number of carbonyl (C=O) groups is 4. The van der Waals surface area contributed by atoms with Gasteiger partial charge in [0.05, 0.1) is 12.6 Å². The minimum atomic E-state index is -1.22. The fraction of sp³-hybridized carbons (Fsp3) is 0.300. The number of benzene rings is 2. The van der Waals surface area contributed by atoms with Gasteiger partial charge >= 0.3 is 5.97 Å². The van der Waals surface area contributed by atoms with Crippen LogP contribution in [0.3, 0.4) is 0 Å². The van der Waals surface area contributed by atoms with Crippen LogP contribution in [0, 0.1) is 0 Å². The van der Waals surface area contributed by atoms with Gasteiger partial charge in [0.25, 0.3) is 0 Å². The molecule has 3 amide bonds. The van der Waals surface area contributed by atoms with Crippen LogP contribution < -0.4 is 33.2 Å². The van der Waals surface area contributed by atoms with Gasteiger partial charge in [0.15, 0.2) is 5.96 Å². The lowest BCUT2D eigenvalue weighted by atomic mass is 10.0. The smallest absolute Gasteiger partial charge is 0.326 e. The van der Waals surface area contributed by atoms with Gasteiger partial charge < -0.3 is 48.2 Å². The van der Waals surface area contributed by atoms with Crippen molar-refractivity contribution in [1.29, 1.82) is 0 Å². The molecule has 0 saturated heterocycles. The van der Waals surface area contributed by atoms with Crippen LogP contribution in [0.25, 0.3) is 21.8 Å². The predicted octanol–water partition coefficient (Wildman–Crippen LogP) is -0.0143. The summed E-state index contributed by atoms with van der Waals surface area (Å²) in [4.78, 5) is 61.0. The first-order valence-corrected chi connectivity index (χ1v) is 14.1. The molecule has 0 radical (unpaired) electrons. The van der Waals surface area contributed by atoms with Crippen molar-refractivity contribution in [3.63, 3.8) is 0 Å². The normalized spacial score (nSPS) is 13.1. The summed E-state index contributed by atoms with van der Waals surface area (Å²) in [5.41, 5.74) is 19.9. The number of aromatic nitrogens is 2. The molecule has 232 valence electrons. The van der Waals surface area contributed by atoms with E-state index in [9.17, 15) is 24.3 Å². The molecular formula is C30H37N9O5. The lowest BCUT2D eigenvalue weighted by Gasteiger charge is -2.21. The van der Waals surface area contributed by atoms with Gasteiger partial charge in [-0.15, -0.1) is 0 Å². The molecule has 2 aromatic carbocycles. The zero-order chi connectivity index (χ0) is 31.6. The number of amides is 3. The zero-order valence-electron chi connectivity index (χ0n) is 24.0. The van der Waals surface area contributed by atoms with Crippen LogP contribution in [0.15, 0.2) is 65.9 Å². The third-order valence-electron chi connectivity index (χ3n) is 7.19. The summed E-state index contributed by atoms with van der Waals surface area (Å²) < 4.78 is 0. The largest absolute Gasteiger partial charge is 0.480 e. The quantitative estimate of drug-likeness (QED) is 0.0506. The maximum absolute atomic E-state index is 13.3. The van der Waals surface area contributed by atoms with Crippen molar-refractivity contribution < 1.29 is 24.3 Å². The van der Waals surface area contributed by atoms with Gasteiger partial charge in [0.2, 0.25) is 17.7 Å². The molecule has 12 N–H and O–H groups in total. The van der Waals surface area contributed by atoms with Crippen LogP contribution in [0.1, 0.15) is 24.0 Å². The van der Waals surface area contributed by atoms with Crippen molar-refractivity contribution in [2.45, 2.75) is 43.8 Å². The summed E-state index contributed by atoms with van der Waals surface area (Å²) in [6.07, 6.45) is 4.34. The second-order valence-corrected chi connectivity index (χ2v) is 10.4. The van der Waals surface area contributed by atoms with Crippen LogP contribution in [-0.4, -0.2) is 75.9 Å². The Morgan fingerprint density at radius 2 is 1.39 bits per heavy atom. The lowest BCUT2D eigenvalue weighted by Crippen LogP contribution is -2.54. The van der Waals surface area contributed by atoms with E-state index in [-0.39, 0.29) is 25.2 Å². The average molecular weight is 604 g/mol. The van der Waals surface area contributed by atoms with Gasteiger partial charge in [-0.05, 0) is 36.1 Å². The average Bonchev–Trinajstić information content (AvgIpc) is 3.61. The summed E-state index contributed by atoms with van der Waals surface area (Å²) in [5.74, 6) is -3.15. The van der Waals surface area contributed by atoms with Crippen molar-refractivity contribution in [3.8, 4) is 0 Å². The van der Waals surface area contributed by atoms with Gasteiger partial charge in [0, 0.05) is 53.6 Å². The number of para-hydroxylation sites is 2. The molecule has 2 aromatic heterocycles. The topological polar surface area (TPSA) is 247 Å². The number of carboxylic acids is 1. The van der Waals surface area contributed by atoms with Gasteiger partial charge in [-0.25, -0.2) is 4.79 Å². The Labute approximate surface area is 252 Å². The molecule has 0 aliphatic rings. The number of carboxylic acid groups (broad SMARTS) is 1. The first-order chi connectivity index (χ1) is 21.1. The molecule has 14 heteroatoms. The maximum atomic E-state index is 13.3. The van der Waals surface area contributed by atoms with E-state index in [1.165, 1.54) is 0 Å². The van der Waals surface area contributed by atoms with Crippen LogP contribution in [-0.2, 0) is 32.0 Å². The number of aliphatic imine (C=N–C) groups is 1. The Morgan fingerprint density at radius 3 is 1.95 bits per heavy atom. The van der Waals surface area contributed by atoms with E-state index in [0.29, 0.717) is 13.0 Å². The van der Waals surface area contributed by atoms with Crippen LogP contribution in [0.5, 0.6) is 0 Å². The molecule has 44 heavy (non-hydrogen) atoms. The van der Waals surface area contributed by atoms with Crippen molar-refractivity contribution in [2.24, 2.45) is 22.2 Å². The second-order valence-electron chi connectivity index (χ2n) is 10.4. The number of guanidine groups is 1. The number of nitrogens with one attached hydrogen (secondary N) is 5. The fourth-order valence-corrected chi connectivity index (χ4v) is 4.92. The maximum Gasteiger partial charge on any atom is 0.326 e. The molecule has 0 bridgehead atoms. The minimum absolute atomic E-state index is 0.0410.